The number of phenolic OH excluding ortho intramolecular Hbond substituents is 1. The highest BCUT2D eigenvalue weighted by atomic mass is 127. The summed E-state index contributed by atoms with van der Waals surface area (Å²) >= 11 is 2.26. The maximum atomic E-state index is 9.23. The van der Waals surface area contributed by atoms with Crippen molar-refractivity contribution in [3.05, 3.63) is 24.4 Å². The van der Waals surface area contributed by atoms with Crippen LogP contribution in [0, 0.1) is 0 Å². The van der Waals surface area contributed by atoms with Gasteiger partial charge in [-0.3, -0.25) is 0 Å². The number of aromatic hydroxyl groups is 1. The van der Waals surface area contributed by atoms with Gasteiger partial charge in [0.1, 0.15) is 5.75 Å². The van der Waals surface area contributed by atoms with Gasteiger partial charge in [0, 0.05) is 11.5 Å². The van der Waals surface area contributed by atoms with Crippen LogP contribution in [0.1, 0.15) is 0 Å². The van der Waals surface area contributed by atoms with Crippen molar-refractivity contribution in [3.8, 4) is 5.75 Å². The van der Waals surface area contributed by atoms with Gasteiger partial charge in [0.05, 0.1) is 18.1 Å². The molecule has 2 rings (SSSR count). The van der Waals surface area contributed by atoms with Crippen LogP contribution >= 0.6 is 28.4 Å². The van der Waals surface area contributed by atoms with Crippen molar-refractivity contribution in [1.82, 2.24) is 9.55 Å². The normalized spacial score (nSPS) is 11.8. The molecule has 2 aromatic rings. The van der Waals surface area contributed by atoms with E-state index in [1.165, 1.54) is 0 Å². The van der Waals surface area contributed by atoms with E-state index in [0.29, 0.717) is 12.1 Å². The predicted molar refractivity (Wildman–Crippen MR) is 59.1 cm³/mol. The first-order valence-electron chi connectivity index (χ1n) is 3.34. The zero-order valence-corrected chi connectivity index (χ0v) is 9.19. The Hall–Kier alpha value is -0.350. The molecular weight excluding hydrogens is 286 g/mol. The molecule has 12 heavy (non-hydrogen) atoms. The van der Waals surface area contributed by atoms with Gasteiger partial charge in [-0.2, -0.15) is 5.10 Å². The van der Waals surface area contributed by atoms with E-state index >= 15 is 0 Å². The number of benzene rings is 1. The highest BCUT2D eigenvalue weighted by molar-refractivity contribution is 14.2. The predicted octanol–water partition coefficient (Wildman–Crippen LogP) is 2.53. The molecule has 3 nitrogen and oxygen atoms in total. The molecule has 0 radical (unpaired) electrons. The van der Waals surface area contributed by atoms with Crippen LogP contribution in [0.15, 0.2) is 24.4 Å². The third-order valence-electron chi connectivity index (χ3n) is 1.63. The third-order valence-corrected chi connectivity index (χ3v) is 3.52. The van der Waals surface area contributed by atoms with Gasteiger partial charge in [-0.1, -0.05) is 0 Å². The Morgan fingerprint density at radius 2 is 2.33 bits per heavy atom. The zero-order valence-electron chi connectivity index (χ0n) is 6.03. The van der Waals surface area contributed by atoms with Crippen molar-refractivity contribution in [2.45, 2.75) is 0 Å². The number of aromatic nitrogens is 2. The maximum Gasteiger partial charge on any atom is 0.117 e. The first kappa shape index (κ1) is 8.26. The molecule has 0 saturated heterocycles. The minimum atomic E-state index is 0.291. The van der Waals surface area contributed by atoms with E-state index in [-0.39, 0.29) is 0 Å². The molecule has 1 aromatic carbocycles. The van der Waals surface area contributed by atoms with Crippen molar-refractivity contribution < 1.29 is 5.11 Å². The summed E-state index contributed by atoms with van der Waals surface area (Å²) in [6.07, 6.45) is 2.38. The first-order valence-corrected chi connectivity index (χ1v) is 7.41. The van der Waals surface area contributed by atoms with E-state index in [1.54, 1.807) is 18.3 Å². The quantitative estimate of drug-likeness (QED) is 0.648. The molecule has 1 aromatic heterocycles. The molecule has 0 aliphatic carbocycles. The summed E-state index contributed by atoms with van der Waals surface area (Å²) in [6, 6.07) is 5.27. The molecular formula is C7H6IN2OP. The molecule has 1 heterocycles. The summed E-state index contributed by atoms with van der Waals surface area (Å²) in [6.45, 7) is 0. The standard InChI is InChI=1S/C7H6IN2OP/c8-12-10-7-3-6(11)2-1-5(7)4-9-10/h1-4,11-12H. The lowest BCUT2D eigenvalue weighted by Gasteiger charge is -1.96. The van der Waals surface area contributed by atoms with Gasteiger partial charge >= 0.3 is 0 Å². The lowest BCUT2D eigenvalue weighted by molar-refractivity contribution is 0.476. The topological polar surface area (TPSA) is 38.1 Å². The van der Waals surface area contributed by atoms with Crippen LogP contribution in [-0.4, -0.2) is 14.7 Å². The fourth-order valence-corrected chi connectivity index (χ4v) is 2.61. The summed E-state index contributed by atoms with van der Waals surface area (Å²) in [4.78, 5) is 0. The van der Waals surface area contributed by atoms with Gasteiger partial charge in [0.15, 0.2) is 0 Å². The first-order chi connectivity index (χ1) is 5.81. The Kier molecular flexibility index (Phi) is 2.19. The average Bonchev–Trinajstić information content (AvgIpc) is 2.46. The summed E-state index contributed by atoms with van der Waals surface area (Å²) in [5.74, 6) is 0.291. The highest BCUT2D eigenvalue weighted by Crippen LogP contribution is 2.29. The van der Waals surface area contributed by atoms with Gasteiger partial charge in [-0.05, 0) is 34.2 Å². The summed E-state index contributed by atoms with van der Waals surface area (Å²) in [7, 11) is 0. The van der Waals surface area contributed by atoms with Crippen molar-refractivity contribution >= 4 is 39.3 Å². The van der Waals surface area contributed by atoms with Crippen molar-refractivity contribution in [3.63, 3.8) is 0 Å². The molecule has 5 heteroatoms. The van der Waals surface area contributed by atoms with Gasteiger partial charge in [0.25, 0.3) is 0 Å². The fraction of sp³-hybridized carbons (Fsp3) is 0. The minimum Gasteiger partial charge on any atom is -0.508 e. The Labute approximate surface area is 84.1 Å². The van der Waals surface area contributed by atoms with Gasteiger partial charge < -0.3 is 5.11 Å². The third kappa shape index (κ3) is 1.29. The lowest BCUT2D eigenvalue weighted by atomic mass is 10.2. The van der Waals surface area contributed by atoms with Crippen LogP contribution in [-0.2, 0) is 0 Å². The van der Waals surface area contributed by atoms with E-state index in [1.807, 2.05) is 10.5 Å². The summed E-state index contributed by atoms with van der Waals surface area (Å²) < 4.78 is 1.87. The Morgan fingerprint density at radius 1 is 1.50 bits per heavy atom. The molecule has 1 unspecified atom stereocenters. The average molecular weight is 292 g/mol. The van der Waals surface area contributed by atoms with E-state index < -0.39 is 0 Å². The van der Waals surface area contributed by atoms with Gasteiger partial charge in [-0.15, -0.1) is 0 Å². The van der Waals surface area contributed by atoms with E-state index in [0.717, 1.165) is 10.9 Å². The molecule has 0 amide bonds. The molecule has 0 aliphatic rings. The summed E-state index contributed by atoms with van der Waals surface area (Å²) in [5, 5.41) is 14.5. The van der Waals surface area contributed by atoms with E-state index in [2.05, 4.69) is 27.1 Å². The Bertz CT molecular complexity index is 415. The summed E-state index contributed by atoms with van der Waals surface area (Å²) in [5.41, 5.74) is 0.989. The van der Waals surface area contributed by atoms with E-state index in [9.17, 15) is 5.11 Å². The largest absolute Gasteiger partial charge is 0.508 e. The molecule has 1 N–H and O–H groups in total. The SMILES string of the molecule is Oc1ccc2cnn(PI)c2c1. The second-order valence-electron chi connectivity index (χ2n) is 2.38. The number of hydrogen-bond donors (Lipinski definition) is 1. The number of rotatable bonds is 1. The van der Waals surface area contributed by atoms with Crippen molar-refractivity contribution in [2.24, 2.45) is 0 Å². The van der Waals surface area contributed by atoms with Crippen LogP contribution in [0.4, 0.5) is 0 Å². The van der Waals surface area contributed by atoms with Crippen LogP contribution < -0.4 is 0 Å². The number of halogens is 1. The molecule has 0 spiro atoms. The number of hydrogen-bond acceptors (Lipinski definition) is 2. The van der Waals surface area contributed by atoms with Crippen LogP contribution in [0.25, 0.3) is 10.9 Å². The molecule has 0 bridgehead atoms. The second-order valence-corrected chi connectivity index (χ2v) is 4.42. The molecule has 0 fully saturated rings. The molecule has 62 valence electrons. The smallest absolute Gasteiger partial charge is 0.117 e. The Balaban J connectivity index is 2.75. The number of fused-ring (bicyclic) bond motifs is 1. The minimum absolute atomic E-state index is 0.291. The van der Waals surface area contributed by atoms with Crippen molar-refractivity contribution in [2.75, 3.05) is 0 Å². The number of phenols is 1. The molecule has 0 aliphatic heterocycles. The molecule has 0 saturated carbocycles. The van der Waals surface area contributed by atoms with Gasteiger partial charge in [0.2, 0.25) is 0 Å². The Morgan fingerprint density at radius 3 is 3.08 bits per heavy atom. The van der Waals surface area contributed by atoms with Crippen LogP contribution in [0.5, 0.6) is 5.75 Å². The maximum absolute atomic E-state index is 9.23. The fourth-order valence-electron chi connectivity index (χ4n) is 1.07. The van der Waals surface area contributed by atoms with Gasteiger partial charge in [-0.25, -0.2) is 4.45 Å². The van der Waals surface area contributed by atoms with E-state index in [4.69, 9.17) is 0 Å². The van der Waals surface area contributed by atoms with Crippen LogP contribution in [0.2, 0.25) is 0 Å². The van der Waals surface area contributed by atoms with Crippen LogP contribution in [0.3, 0.4) is 0 Å². The zero-order chi connectivity index (χ0) is 8.55. The molecule has 1 atom stereocenters. The second kappa shape index (κ2) is 3.18. The number of nitrogens with zero attached hydrogens (tertiary/aromatic N) is 2. The van der Waals surface area contributed by atoms with Crippen molar-refractivity contribution in [1.29, 1.82) is 0 Å². The lowest BCUT2D eigenvalue weighted by Crippen LogP contribution is -1.80. The highest BCUT2D eigenvalue weighted by Gasteiger charge is 2.01. The monoisotopic (exact) mass is 292 g/mol.